The number of hydrogen-bond acceptors (Lipinski definition) is 4. The summed E-state index contributed by atoms with van der Waals surface area (Å²) in [6.45, 7) is 0. The second-order valence-corrected chi connectivity index (χ2v) is 1.99. The number of nitrogens with zero attached hydrogens (tertiary/aromatic N) is 4. The minimum Gasteiger partial charge on any atom is 0.0647 e. The summed E-state index contributed by atoms with van der Waals surface area (Å²) in [5, 5.41) is 0. The molecular formula is C2H2N4S2+2. The lowest BCUT2D eigenvalue weighted by Crippen LogP contribution is -1.70. The Bertz CT molecular complexity index is 113. The highest BCUT2D eigenvalue weighted by Gasteiger charge is 1.95. The van der Waals surface area contributed by atoms with Crippen LogP contribution < -0.4 is 0 Å². The fourth-order valence-corrected chi connectivity index (χ4v) is 0.763. The molecule has 40 valence electrons. The van der Waals surface area contributed by atoms with Gasteiger partial charge in [0.25, 0.3) is 0 Å². The van der Waals surface area contributed by atoms with Crippen molar-refractivity contribution in [3.05, 3.63) is 0 Å². The van der Waals surface area contributed by atoms with Gasteiger partial charge in [-0.25, -0.2) is 0 Å². The Hall–Kier alpha value is -0.620. The van der Waals surface area contributed by atoms with Crippen LogP contribution >= 0.6 is 0 Å². The van der Waals surface area contributed by atoms with Gasteiger partial charge in [0, 0.05) is 0 Å². The molecule has 0 bridgehead atoms. The Morgan fingerprint density at radius 2 is 1.38 bits per heavy atom. The van der Waals surface area contributed by atoms with Crippen LogP contribution in [0, 0.1) is 0 Å². The average Bonchev–Trinajstić information content (AvgIpc) is 1.62. The molecule has 8 heavy (non-hydrogen) atoms. The van der Waals surface area contributed by atoms with Crippen LogP contribution in [-0.2, 0) is 23.5 Å². The van der Waals surface area contributed by atoms with Gasteiger partial charge in [-0.05, 0) is 0 Å². The van der Waals surface area contributed by atoms with Crippen molar-refractivity contribution < 1.29 is 0 Å². The summed E-state index contributed by atoms with van der Waals surface area (Å²) < 4.78 is 14.7. The van der Waals surface area contributed by atoms with Crippen molar-refractivity contribution in [2.75, 3.05) is 0 Å². The third-order valence-electron chi connectivity index (χ3n) is 0.377. The first kappa shape index (κ1) is 5.52. The zero-order valence-corrected chi connectivity index (χ0v) is 5.39. The first-order valence-corrected chi connectivity index (χ1v) is 3.22. The molecule has 0 atom stereocenters. The van der Waals surface area contributed by atoms with Crippen molar-refractivity contribution >= 4 is 36.2 Å². The van der Waals surface area contributed by atoms with E-state index in [0.717, 1.165) is 23.5 Å². The Labute approximate surface area is 54.3 Å². The molecule has 0 unspecified atom stereocenters. The Kier molecular flexibility index (Phi) is 2.34. The van der Waals surface area contributed by atoms with Gasteiger partial charge in [-0.15, -0.1) is 0 Å². The van der Waals surface area contributed by atoms with E-state index < -0.39 is 0 Å². The third-order valence-corrected chi connectivity index (χ3v) is 1.13. The van der Waals surface area contributed by atoms with Gasteiger partial charge in [-0.2, -0.15) is 0 Å². The minimum absolute atomic E-state index is 1.07. The third kappa shape index (κ3) is 1.90. The number of rotatable bonds is 0. The maximum absolute atomic E-state index is 3.68. The van der Waals surface area contributed by atoms with Crippen LogP contribution in [0.4, 0.5) is 0 Å². The summed E-state index contributed by atoms with van der Waals surface area (Å²) in [7, 11) is 0. The monoisotopic (exact) mass is 146 g/mol. The van der Waals surface area contributed by atoms with Crippen molar-refractivity contribution in [1.82, 2.24) is 0 Å². The van der Waals surface area contributed by atoms with Crippen molar-refractivity contribution in [3.8, 4) is 0 Å². The molecule has 0 saturated carbocycles. The van der Waals surface area contributed by atoms with E-state index in [-0.39, 0.29) is 0 Å². The molecule has 0 N–H and O–H groups in total. The van der Waals surface area contributed by atoms with Gasteiger partial charge in [-0.1, -0.05) is 0 Å². The zero-order valence-electron chi connectivity index (χ0n) is 3.76. The molecule has 0 fully saturated rings. The van der Waals surface area contributed by atoms with Gasteiger partial charge < -0.3 is 0 Å². The summed E-state index contributed by atoms with van der Waals surface area (Å²) >= 11 is 2.13. The standard InChI is InChI=1S/C2H2N4S2/c1-3-7-5-2-6-8-4-1/h1-2H/q+2/b3-1-,4-1?,5-2?,6-2-. The highest BCUT2D eigenvalue weighted by atomic mass is 32.2. The van der Waals surface area contributed by atoms with E-state index in [1.54, 1.807) is 0 Å². The second kappa shape index (κ2) is 3.39. The van der Waals surface area contributed by atoms with Gasteiger partial charge in [0.05, 0.1) is 17.5 Å². The SMILES string of the molecule is C1=N\[S+]=N/C=N\[S+]=N/1. The molecule has 1 heterocycles. The van der Waals surface area contributed by atoms with Crippen molar-refractivity contribution in [1.29, 1.82) is 0 Å². The van der Waals surface area contributed by atoms with Gasteiger partial charge >= 0.3 is 23.5 Å². The molecule has 6 heteroatoms. The molecule has 1 aliphatic heterocycles. The van der Waals surface area contributed by atoms with E-state index in [1.165, 1.54) is 12.7 Å². The molecule has 1 aliphatic rings. The molecule has 0 aromatic carbocycles. The molecule has 0 aliphatic carbocycles. The van der Waals surface area contributed by atoms with E-state index in [2.05, 4.69) is 17.5 Å². The summed E-state index contributed by atoms with van der Waals surface area (Å²) in [6, 6.07) is 0. The highest BCUT2D eigenvalue weighted by Crippen LogP contribution is 1.75. The molecule has 0 amide bonds. The lowest BCUT2D eigenvalue weighted by Gasteiger charge is -1.50. The molecule has 0 saturated heterocycles. The van der Waals surface area contributed by atoms with Crippen LogP contribution in [0.25, 0.3) is 0 Å². The predicted molar refractivity (Wildman–Crippen MR) is 36.6 cm³/mol. The summed E-state index contributed by atoms with van der Waals surface area (Å²) in [6.07, 6.45) is 2.82. The normalized spacial score (nSPS) is 32.0. The fourth-order valence-electron chi connectivity index (χ4n) is 0.177. The minimum atomic E-state index is 1.07. The van der Waals surface area contributed by atoms with E-state index in [4.69, 9.17) is 0 Å². The van der Waals surface area contributed by atoms with Crippen LogP contribution in [0.5, 0.6) is 0 Å². The van der Waals surface area contributed by atoms with E-state index in [1.807, 2.05) is 0 Å². The van der Waals surface area contributed by atoms with Gasteiger partial charge in [0.15, 0.2) is 0 Å². The fraction of sp³-hybridized carbons (Fsp3) is 0. The van der Waals surface area contributed by atoms with E-state index in [9.17, 15) is 0 Å². The summed E-state index contributed by atoms with van der Waals surface area (Å²) in [5.41, 5.74) is 0. The lowest BCUT2D eigenvalue weighted by atomic mass is 11.4. The quantitative estimate of drug-likeness (QED) is 0.351. The van der Waals surface area contributed by atoms with Crippen LogP contribution in [-0.4, -0.2) is 12.7 Å². The van der Waals surface area contributed by atoms with E-state index in [0.29, 0.717) is 0 Å². The largest absolute Gasteiger partial charge is 0.510 e. The first-order chi connectivity index (χ1) is 4.00. The highest BCUT2D eigenvalue weighted by molar-refractivity contribution is 7.68. The van der Waals surface area contributed by atoms with Crippen LogP contribution in [0.3, 0.4) is 0 Å². The van der Waals surface area contributed by atoms with Crippen LogP contribution in [0.1, 0.15) is 0 Å². The molecular weight excluding hydrogens is 144 g/mol. The molecule has 0 aromatic rings. The smallest absolute Gasteiger partial charge is 0.0647 e. The Morgan fingerprint density at radius 1 is 0.875 bits per heavy atom. The Balaban J connectivity index is 2.67. The van der Waals surface area contributed by atoms with Crippen LogP contribution in [0.2, 0.25) is 0 Å². The van der Waals surface area contributed by atoms with E-state index >= 15 is 0 Å². The molecule has 0 aromatic heterocycles. The second-order valence-electron chi connectivity index (χ2n) is 0.816. The molecule has 0 spiro atoms. The lowest BCUT2D eigenvalue weighted by molar-refractivity contribution is 1.73. The topological polar surface area (TPSA) is 49.4 Å². The van der Waals surface area contributed by atoms with Gasteiger partial charge in [0.2, 0.25) is 12.7 Å². The van der Waals surface area contributed by atoms with Crippen LogP contribution in [0.15, 0.2) is 17.5 Å². The zero-order chi connectivity index (χ0) is 5.66. The van der Waals surface area contributed by atoms with Crippen molar-refractivity contribution in [2.45, 2.75) is 0 Å². The summed E-state index contributed by atoms with van der Waals surface area (Å²) in [5.74, 6) is 0. The molecule has 4 nitrogen and oxygen atoms in total. The average molecular weight is 146 g/mol. The molecule has 1 rings (SSSR count). The maximum atomic E-state index is 3.68. The predicted octanol–water partition coefficient (Wildman–Crippen LogP) is 0.419. The van der Waals surface area contributed by atoms with Crippen molar-refractivity contribution in [3.63, 3.8) is 0 Å². The van der Waals surface area contributed by atoms with Gasteiger partial charge in [-0.3, -0.25) is 0 Å². The summed E-state index contributed by atoms with van der Waals surface area (Å²) in [4.78, 5) is 0. The molecule has 0 radical (unpaired) electrons. The number of hydrogen-bond donors (Lipinski definition) is 0. The van der Waals surface area contributed by atoms with Gasteiger partial charge in [0.1, 0.15) is 0 Å². The first-order valence-electron chi connectivity index (χ1n) is 1.76. The van der Waals surface area contributed by atoms with Crippen molar-refractivity contribution in [2.24, 2.45) is 17.5 Å². The maximum Gasteiger partial charge on any atom is 0.510 e. The Morgan fingerprint density at radius 3 is 1.88 bits per heavy atom.